The highest BCUT2D eigenvalue weighted by atomic mass is 19.1. The van der Waals surface area contributed by atoms with Gasteiger partial charge in [-0.2, -0.15) is 0 Å². The van der Waals surface area contributed by atoms with Gasteiger partial charge in [0, 0.05) is 0 Å². The van der Waals surface area contributed by atoms with Gasteiger partial charge in [0.1, 0.15) is 5.82 Å². The van der Waals surface area contributed by atoms with Crippen LogP contribution in [0.4, 0.5) is 4.39 Å². The summed E-state index contributed by atoms with van der Waals surface area (Å²) in [6.07, 6.45) is 5.27. The second-order valence-corrected chi connectivity index (χ2v) is 3.38. The second-order valence-electron chi connectivity index (χ2n) is 3.38. The first-order valence-electron chi connectivity index (χ1n) is 4.78. The number of rotatable bonds is 4. The number of aliphatic hydroxyl groups excluding tert-OH is 1. The molecule has 0 fully saturated rings. The molecule has 0 saturated heterocycles. The Kier molecular flexibility index (Phi) is 4.33. The van der Waals surface area contributed by atoms with Gasteiger partial charge in [-0.25, -0.2) is 4.39 Å². The summed E-state index contributed by atoms with van der Waals surface area (Å²) in [5.74, 6) is -0.217. The first kappa shape index (κ1) is 10.9. The van der Waals surface area contributed by atoms with E-state index in [1.165, 1.54) is 12.1 Å². The standard InChI is InChI=1S/C12H15FO/c1-10(14)4-2-3-5-11-6-8-12(13)9-7-11/h3,5-10,14H,2,4H2,1H3/b5-3+/t10-/m0/s1. The Bertz CT molecular complexity index is 288. The molecule has 1 nitrogen and oxygen atoms in total. The van der Waals surface area contributed by atoms with Crippen LogP contribution in [0.1, 0.15) is 25.3 Å². The zero-order valence-corrected chi connectivity index (χ0v) is 8.28. The van der Waals surface area contributed by atoms with Crippen LogP contribution in [0.2, 0.25) is 0 Å². The molecule has 0 spiro atoms. The van der Waals surface area contributed by atoms with Crippen molar-refractivity contribution in [3.05, 3.63) is 41.7 Å². The molecule has 2 heteroatoms. The molecule has 0 aliphatic rings. The van der Waals surface area contributed by atoms with E-state index in [1.54, 1.807) is 19.1 Å². The van der Waals surface area contributed by atoms with Crippen molar-refractivity contribution in [1.29, 1.82) is 0 Å². The van der Waals surface area contributed by atoms with Gasteiger partial charge in [0.25, 0.3) is 0 Å². The van der Waals surface area contributed by atoms with E-state index in [9.17, 15) is 4.39 Å². The lowest BCUT2D eigenvalue weighted by molar-refractivity contribution is 0.186. The van der Waals surface area contributed by atoms with Crippen molar-refractivity contribution in [2.75, 3.05) is 0 Å². The van der Waals surface area contributed by atoms with Gasteiger partial charge in [0.2, 0.25) is 0 Å². The van der Waals surface area contributed by atoms with Gasteiger partial charge < -0.3 is 5.11 Å². The molecule has 1 aromatic rings. The van der Waals surface area contributed by atoms with E-state index < -0.39 is 0 Å². The largest absolute Gasteiger partial charge is 0.393 e. The Labute approximate surface area is 83.9 Å². The maximum absolute atomic E-state index is 12.5. The average molecular weight is 194 g/mol. The van der Waals surface area contributed by atoms with Crippen LogP contribution in [-0.4, -0.2) is 11.2 Å². The normalized spacial score (nSPS) is 13.4. The van der Waals surface area contributed by atoms with E-state index >= 15 is 0 Å². The third-order valence-corrected chi connectivity index (χ3v) is 1.93. The summed E-state index contributed by atoms with van der Waals surface area (Å²) < 4.78 is 12.5. The van der Waals surface area contributed by atoms with Crippen LogP contribution in [0.15, 0.2) is 30.3 Å². The second kappa shape index (κ2) is 5.55. The summed E-state index contributed by atoms with van der Waals surface area (Å²) >= 11 is 0. The molecule has 0 amide bonds. The molecule has 0 aromatic heterocycles. The van der Waals surface area contributed by atoms with Crippen LogP contribution >= 0.6 is 0 Å². The molecule has 0 saturated carbocycles. The zero-order valence-electron chi connectivity index (χ0n) is 8.28. The first-order chi connectivity index (χ1) is 6.68. The molecule has 1 aromatic carbocycles. The number of halogens is 1. The van der Waals surface area contributed by atoms with Gasteiger partial charge in [-0.05, 0) is 37.5 Å². The topological polar surface area (TPSA) is 20.2 Å². The third kappa shape index (κ3) is 4.19. The number of benzene rings is 1. The van der Waals surface area contributed by atoms with Crippen molar-refractivity contribution in [2.45, 2.75) is 25.9 Å². The molecule has 76 valence electrons. The Morgan fingerprint density at radius 2 is 2.00 bits per heavy atom. The van der Waals surface area contributed by atoms with Crippen LogP contribution in [0, 0.1) is 5.82 Å². The van der Waals surface area contributed by atoms with Crippen LogP contribution in [0.3, 0.4) is 0 Å². The fourth-order valence-electron chi connectivity index (χ4n) is 1.13. The summed E-state index contributed by atoms with van der Waals surface area (Å²) in [5, 5.41) is 9.00. The molecular weight excluding hydrogens is 179 g/mol. The summed E-state index contributed by atoms with van der Waals surface area (Å²) in [6.45, 7) is 1.77. The predicted molar refractivity (Wildman–Crippen MR) is 56.3 cm³/mol. The molecule has 1 N–H and O–H groups in total. The molecule has 14 heavy (non-hydrogen) atoms. The van der Waals surface area contributed by atoms with Crippen molar-refractivity contribution >= 4 is 6.08 Å². The average Bonchev–Trinajstić information content (AvgIpc) is 2.15. The fraction of sp³-hybridized carbons (Fsp3) is 0.333. The minimum Gasteiger partial charge on any atom is -0.393 e. The SMILES string of the molecule is C[C@H](O)CC/C=C/c1ccc(F)cc1. The quantitative estimate of drug-likeness (QED) is 0.781. The Hall–Kier alpha value is -1.15. The predicted octanol–water partition coefficient (Wildman–Crippen LogP) is 3.00. The zero-order chi connectivity index (χ0) is 10.4. The molecule has 0 bridgehead atoms. The van der Waals surface area contributed by atoms with Gasteiger partial charge in [0.15, 0.2) is 0 Å². The van der Waals surface area contributed by atoms with Gasteiger partial charge in [-0.3, -0.25) is 0 Å². The van der Waals surface area contributed by atoms with Gasteiger partial charge in [-0.15, -0.1) is 0 Å². The highest BCUT2D eigenvalue weighted by molar-refractivity contribution is 5.48. The Balaban J connectivity index is 2.40. The van der Waals surface area contributed by atoms with Gasteiger partial charge in [-0.1, -0.05) is 24.3 Å². The number of aliphatic hydroxyl groups is 1. The summed E-state index contributed by atoms with van der Waals surface area (Å²) in [4.78, 5) is 0. The van der Waals surface area contributed by atoms with Gasteiger partial charge >= 0.3 is 0 Å². The third-order valence-electron chi connectivity index (χ3n) is 1.93. The van der Waals surface area contributed by atoms with E-state index in [-0.39, 0.29) is 11.9 Å². The van der Waals surface area contributed by atoms with Crippen molar-refractivity contribution < 1.29 is 9.50 Å². The van der Waals surface area contributed by atoms with Crippen LogP contribution in [0.5, 0.6) is 0 Å². The monoisotopic (exact) mass is 194 g/mol. The van der Waals surface area contributed by atoms with Crippen molar-refractivity contribution in [2.24, 2.45) is 0 Å². The minimum absolute atomic E-state index is 0.217. The number of hydrogen-bond donors (Lipinski definition) is 1. The van der Waals surface area contributed by atoms with Crippen molar-refractivity contribution in [3.63, 3.8) is 0 Å². The van der Waals surface area contributed by atoms with Gasteiger partial charge in [0.05, 0.1) is 6.10 Å². The highest BCUT2D eigenvalue weighted by Crippen LogP contribution is 2.06. The fourth-order valence-corrected chi connectivity index (χ4v) is 1.13. The molecule has 0 aliphatic carbocycles. The lowest BCUT2D eigenvalue weighted by Crippen LogP contribution is -1.96. The molecule has 0 radical (unpaired) electrons. The lowest BCUT2D eigenvalue weighted by atomic mass is 10.1. The number of allylic oxidation sites excluding steroid dienone is 1. The maximum atomic E-state index is 12.5. The smallest absolute Gasteiger partial charge is 0.123 e. The molecular formula is C12H15FO. The van der Waals surface area contributed by atoms with E-state index in [4.69, 9.17) is 5.11 Å². The molecule has 0 aliphatic heterocycles. The molecule has 1 rings (SSSR count). The van der Waals surface area contributed by atoms with Crippen molar-refractivity contribution in [3.8, 4) is 0 Å². The number of hydrogen-bond acceptors (Lipinski definition) is 1. The van der Waals surface area contributed by atoms with E-state index in [0.717, 1.165) is 18.4 Å². The molecule has 0 unspecified atom stereocenters. The minimum atomic E-state index is -0.257. The van der Waals surface area contributed by atoms with Crippen LogP contribution in [0.25, 0.3) is 6.08 Å². The highest BCUT2D eigenvalue weighted by Gasteiger charge is 1.92. The van der Waals surface area contributed by atoms with E-state index in [2.05, 4.69) is 0 Å². The Morgan fingerprint density at radius 1 is 1.36 bits per heavy atom. The molecule has 1 atom stereocenters. The Morgan fingerprint density at radius 3 is 2.57 bits per heavy atom. The van der Waals surface area contributed by atoms with Crippen LogP contribution < -0.4 is 0 Å². The summed E-state index contributed by atoms with van der Waals surface area (Å²) in [7, 11) is 0. The van der Waals surface area contributed by atoms with Crippen LogP contribution in [-0.2, 0) is 0 Å². The lowest BCUT2D eigenvalue weighted by Gasteiger charge is -1.98. The van der Waals surface area contributed by atoms with E-state index in [1.807, 2.05) is 12.2 Å². The summed E-state index contributed by atoms with van der Waals surface area (Å²) in [5.41, 5.74) is 0.983. The first-order valence-corrected chi connectivity index (χ1v) is 4.78. The maximum Gasteiger partial charge on any atom is 0.123 e. The van der Waals surface area contributed by atoms with E-state index in [0.29, 0.717) is 0 Å². The molecule has 0 heterocycles. The van der Waals surface area contributed by atoms with Crippen molar-refractivity contribution in [1.82, 2.24) is 0 Å². The summed E-state index contributed by atoms with van der Waals surface area (Å²) in [6, 6.07) is 6.34.